The Morgan fingerprint density at radius 1 is 1.27 bits per heavy atom. The lowest BCUT2D eigenvalue weighted by molar-refractivity contribution is 0.411. The van der Waals surface area contributed by atoms with Gasteiger partial charge in [-0.25, -0.2) is 18.1 Å². The smallest absolute Gasteiger partial charge is 0.154 e. The van der Waals surface area contributed by atoms with E-state index < -0.39 is 9.84 Å². The molecule has 0 aliphatic heterocycles. The molecule has 0 N–H and O–H groups in total. The predicted molar refractivity (Wildman–Crippen MR) is 85.0 cm³/mol. The van der Waals surface area contributed by atoms with Crippen molar-refractivity contribution in [1.82, 2.24) is 14.8 Å². The third-order valence-corrected chi connectivity index (χ3v) is 3.80. The minimum absolute atomic E-state index is 0.157. The van der Waals surface area contributed by atoms with E-state index >= 15 is 0 Å². The molecule has 7 heteroatoms. The fraction of sp³-hybridized carbons (Fsp3) is 0.467. The van der Waals surface area contributed by atoms with Gasteiger partial charge in [-0.2, -0.15) is 5.10 Å². The Morgan fingerprint density at radius 3 is 2.55 bits per heavy atom. The molecule has 2 aromatic rings. The molecule has 1 aromatic heterocycles. The summed E-state index contributed by atoms with van der Waals surface area (Å²) in [6.07, 6.45) is 1.88. The lowest BCUT2D eigenvalue weighted by atomic mass is 10.1. The standard InChI is InChI=1S/C15H21N3O3S/c1-11(2)9-14-16-15(10-22(4,19)20)18(17-14)12-7-5-6-8-13(12)21-3/h5-8,11H,9-10H2,1-4H3. The monoisotopic (exact) mass is 323 g/mol. The molecular formula is C15H21N3O3S. The van der Waals surface area contributed by atoms with Crippen LogP contribution in [0, 0.1) is 5.92 Å². The van der Waals surface area contributed by atoms with Crippen LogP contribution in [0.1, 0.15) is 25.5 Å². The second-order valence-electron chi connectivity index (χ2n) is 5.70. The van der Waals surface area contributed by atoms with E-state index in [-0.39, 0.29) is 5.75 Å². The summed E-state index contributed by atoms with van der Waals surface area (Å²) in [5, 5.41) is 4.47. The summed E-state index contributed by atoms with van der Waals surface area (Å²) in [6, 6.07) is 7.35. The minimum atomic E-state index is -3.21. The lowest BCUT2D eigenvalue weighted by Crippen LogP contribution is -2.10. The SMILES string of the molecule is COc1ccccc1-n1nc(CC(C)C)nc1CS(C)(=O)=O. The topological polar surface area (TPSA) is 74.1 Å². The van der Waals surface area contributed by atoms with Gasteiger partial charge in [0.1, 0.15) is 23.0 Å². The molecule has 0 fully saturated rings. The van der Waals surface area contributed by atoms with Gasteiger partial charge in [0.2, 0.25) is 0 Å². The number of rotatable bonds is 6. The summed E-state index contributed by atoms with van der Waals surface area (Å²) in [5.41, 5.74) is 0.686. The molecule has 22 heavy (non-hydrogen) atoms. The first kappa shape index (κ1) is 16.5. The third-order valence-electron chi connectivity index (χ3n) is 3.01. The zero-order chi connectivity index (χ0) is 16.3. The molecule has 0 saturated carbocycles. The quantitative estimate of drug-likeness (QED) is 0.813. The molecule has 0 saturated heterocycles. The average Bonchev–Trinajstić information content (AvgIpc) is 2.78. The van der Waals surface area contributed by atoms with Crippen LogP contribution < -0.4 is 4.74 Å². The van der Waals surface area contributed by atoms with E-state index in [0.29, 0.717) is 35.4 Å². The van der Waals surface area contributed by atoms with Crippen molar-refractivity contribution in [3.63, 3.8) is 0 Å². The molecule has 0 spiro atoms. The fourth-order valence-corrected chi connectivity index (χ4v) is 2.82. The van der Waals surface area contributed by atoms with Gasteiger partial charge in [-0.3, -0.25) is 0 Å². The maximum Gasteiger partial charge on any atom is 0.154 e. The number of ether oxygens (including phenoxy) is 1. The van der Waals surface area contributed by atoms with Gasteiger partial charge in [-0.1, -0.05) is 26.0 Å². The van der Waals surface area contributed by atoms with Crippen molar-refractivity contribution in [3.05, 3.63) is 35.9 Å². The van der Waals surface area contributed by atoms with Crippen molar-refractivity contribution in [3.8, 4) is 11.4 Å². The van der Waals surface area contributed by atoms with Crippen LogP contribution in [0.5, 0.6) is 5.75 Å². The lowest BCUT2D eigenvalue weighted by Gasteiger charge is -2.09. The number of nitrogens with zero attached hydrogens (tertiary/aromatic N) is 3. The van der Waals surface area contributed by atoms with Gasteiger partial charge < -0.3 is 4.74 Å². The average molecular weight is 323 g/mol. The number of hydrogen-bond donors (Lipinski definition) is 0. The molecule has 0 radical (unpaired) electrons. The molecule has 0 aliphatic carbocycles. The van der Waals surface area contributed by atoms with E-state index in [1.165, 1.54) is 6.26 Å². The van der Waals surface area contributed by atoms with E-state index in [9.17, 15) is 8.42 Å². The Hall–Kier alpha value is -1.89. The molecule has 1 heterocycles. The normalized spacial score (nSPS) is 11.9. The Bertz CT molecular complexity index is 751. The summed E-state index contributed by atoms with van der Waals surface area (Å²) in [5.74, 6) is 1.90. The van der Waals surface area contributed by atoms with E-state index in [2.05, 4.69) is 23.9 Å². The van der Waals surface area contributed by atoms with Crippen molar-refractivity contribution in [2.75, 3.05) is 13.4 Å². The van der Waals surface area contributed by atoms with Crippen molar-refractivity contribution in [2.45, 2.75) is 26.0 Å². The van der Waals surface area contributed by atoms with Crippen LogP contribution >= 0.6 is 0 Å². The molecular weight excluding hydrogens is 302 g/mol. The van der Waals surface area contributed by atoms with E-state index in [4.69, 9.17) is 4.74 Å². The van der Waals surface area contributed by atoms with Gasteiger partial charge in [0.25, 0.3) is 0 Å². The highest BCUT2D eigenvalue weighted by atomic mass is 32.2. The van der Waals surface area contributed by atoms with Crippen LogP contribution in [-0.2, 0) is 22.0 Å². The van der Waals surface area contributed by atoms with Crippen LogP contribution in [0.4, 0.5) is 0 Å². The molecule has 120 valence electrons. The molecule has 0 bridgehead atoms. The highest BCUT2D eigenvalue weighted by molar-refractivity contribution is 7.89. The van der Waals surface area contributed by atoms with Gasteiger partial charge in [-0.15, -0.1) is 0 Å². The maximum atomic E-state index is 11.7. The first-order valence-corrected chi connectivity index (χ1v) is 9.12. The molecule has 0 amide bonds. The highest BCUT2D eigenvalue weighted by Gasteiger charge is 2.18. The van der Waals surface area contributed by atoms with Gasteiger partial charge in [0.05, 0.1) is 7.11 Å². The van der Waals surface area contributed by atoms with Crippen molar-refractivity contribution < 1.29 is 13.2 Å². The second-order valence-corrected chi connectivity index (χ2v) is 7.84. The first-order valence-electron chi connectivity index (χ1n) is 7.06. The molecule has 0 aliphatic rings. The fourth-order valence-electron chi connectivity index (χ4n) is 2.17. The summed E-state index contributed by atoms with van der Waals surface area (Å²) in [6.45, 7) is 4.14. The number of para-hydroxylation sites is 2. The summed E-state index contributed by atoms with van der Waals surface area (Å²) >= 11 is 0. The third kappa shape index (κ3) is 4.07. The van der Waals surface area contributed by atoms with Crippen molar-refractivity contribution in [2.24, 2.45) is 5.92 Å². The number of hydrogen-bond acceptors (Lipinski definition) is 5. The molecule has 0 atom stereocenters. The van der Waals surface area contributed by atoms with Crippen molar-refractivity contribution >= 4 is 9.84 Å². The largest absolute Gasteiger partial charge is 0.494 e. The molecule has 0 unspecified atom stereocenters. The second kappa shape index (κ2) is 6.48. The zero-order valence-corrected chi connectivity index (χ0v) is 14.1. The maximum absolute atomic E-state index is 11.7. The van der Waals surface area contributed by atoms with Gasteiger partial charge in [0.15, 0.2) is 15.7 Å². The minimum Gasteiger partial charge on any atom is -0.494 e. The zero-order valence-electron chi connectivity index (χ0n) is 13.3. The number of methoxy groups -OCH3 is 1. The summed E-state index contributed by atoms with van der Waals surface area (Å²) in [4.78, 5) is 4.40. The Morgan fingerprint density at radius 2 is 1.95 bits per heavy atom. The van der Waals surface area contributed by atoms with Crippen LogP contribution in [0.15, 0.2) is 24.3 Å². The number of aromatic nitrogens is 3. The van der Waals surface area contributed by atoms with Gasteiger partial charge in [-0.05, 0) is 18.1 Å². The van der Waals surface area contributed by atoms with Crippen molar-refractivity contribution in [1.29, 1.82) is 0 Å². The van der Waals surface area contributed by atoms with Crippen LogP contribution in [-0.4, -0.2) is 36.5 Å². The molecule has 6 nitrogen and oxygen atoms in total. The van der Waals surface area contributed by atoms with E-state index in [1.807, 2.05) is 24.3 Å². The Kier molecular flexibility index (Phi) is 4.85. The van der Waals surface area contributed by atoms with Gasteiger partial charge >= 0.3 is 0 Å². The Balaban J connectivity index is 2.54. The predicted octanol–water partition coefficient (Wildman–Crippen LogP) is 2.02. The number of sulfone groups is 1. The molecule has 1 aromatic carbocycles. The highest BCUT2D eigenvalue weighted by Crippen LogP contribution is 2.23. The van der Waals surface area contributed by atoms with Crippen LogP contribution in [0.2, 0.25) is 0 Å². The van der Waals surface area contributed by atoms with Crippen LogP contribution in [0.25, 0.3) is 5.69 Å². The van der Waals surface area contributed by atoms with E-state index in [1.54, 1.807) is 11.8 Å². The molecule has 2 rings (SSSR count). The van der Waals surface area contributed by atoms with E-state index in [0.717, 1.165) is 0 Å². The summed E-state index contributed by atoms with van der Waals surface area (Å²) in [7, 11) is -1.64. The van der Waals surface area contributed by atoms with Crippen LogP contribution in [0.3, 0.4) is 0 Å². The Labute approximate surface area is 131 Å². The summed E-state index contributed by atoms with van der Waals surface area (Å²) < 4.78 is 30.2. The number of benzene rings is 1. The van der Waals surface area contributed by atoms with Gasteiger partial charge in [0, 0.05) is 12.7 Å². The first-order chi connectivity index (χ1) is 10.3.